The molecule has 15 heteroatoms. The number of carboxylic acids is 1. The number of nitrogens with zero attached hydrogens (tertiary/aromatic N) is 1. The molecule has 13 N–H and O–H groups in total. The Balaban J connectivity index is 2.13. The molecule has 2 aromatic rings. The Morgan fingerprint density at radius 2 is 1.55 bits per heavy atom. The Hall–Kier alpha value is -4.66. The minimum Gasteiger partial charge on any atom is -0.480 e. The minimum absolute atomic E-state index is 0.0462. The lowest BCUT2D eigenvalue weighted by Gasteiger charge is -2.25. The molecule has 0 fully saturated rings. The number of rotatable bonds is 17. The van der Waals surface area contributed by atoms with E-state index in [1.165, 1.54) is 0 Å². The number of guanidine groups is 1. The van der Waals surface area contributed by atoms with E-state index in [1.807, 2.05) is 32.0 Å². The Kier molecular flexibility index (Phi) is 12.7. The predicted octanol–water partition coefficient (Wildman–Crippen LogP) is -1.45. The highest BCUT2D eigenvalue weighted by Gasteiger charge is 2.32. The summed E-state index contributed by atoms with van der Waals surface area (Å²) in [4.78, 5) is 69.7. The van der Waals surface area contributed by atoms with Crippen molar-refractivity contribution in [2.75, 3.05) is 6.54 Å². The van der Waals surface area contributed by atoms with Crippen molar-refractivity contribution in [3.63, 3.8) is 0 Å². The number of aromatic amines is 1. The summed E-state index contributed by atoms with van der Waals surface area (Å²) in [6.45, 7) is 3.94. The van der Waals surface area contributed by atoms with Crippen LogP contribution in [0, 0.1) is 5.92 Å². The van der Waals surface area contributed by atoms with E-state index in [9.17, 15) is 29.1 Å². The van der Waals surface area contributed by atoms with E-state index in [0.717, 1.165) is 10.9 Å². The van der Waals surface area contributed by atoms with Crippen LogP contribution in [0.5, 0.6) is 0 Å². The molecule has 0 saturated heterocycles. The number of fused-ring (bicyclic) bond motifs is 1. The van der Waals surface area contributed by atoms with Crippen LogP contribution >= 0.6 is 0 Å². The van der Waals surface area contributed by atoms with Gasteiger partial charge in [0.15, 0.2) is 5.96 Å². The van der Waals surface area contributed by atoms with Crippen LogP contribution in [0.1, 0.15) is 45.1 Å². The van der Waals surface area contributed by atoms with Crippen LogP contribution in [0.3, 0.4) is 0 Å². The molecule has 0 spiro atoms. The van der Waals surface area contributed by atoms with Gasteiger partial charge in [-0.3, -0.25) is 24.2 Å². The molecular formula is C27H41N9O6. The molecule has 0 aliphatic rings. The highest BCUT2D eigenvalue weighted by Crippen LogP contribution is 2.19. The van der Waals surface area contributed by atoms with Gasteiger partial charge in [-0.05, 0) is 36.8 Å². The molecule has 1 aromatic heterocycles. The number of carboxylic acid groups (broad SMARTS) is 1. The number of aromatic nitrogens is 1. The number of hydrogen-bond donors (Lipinski definition) is 9. The molecule has 42 heavy (non-hydrogen) atoms. The van der Waals surface area contributed by atoms with E-state index >= 15 is 0 Å². The van der Waals surface area contributed by atoms with Crippen LogP contribution in [-0.2, 0) is 30.4 Å². The molecular weight excluding hydrogens is 546 g/mol. The molecule has 230 valence electrons. The molecule has 1 heterocycles. The van der Waals surface area contributed by atoms with E-state index in [2.05, 4.69) is 25.9 Å². The zero-order chi connectivity index (χ0) is 31.4. The van der Waals surface area contributed by atoms with E-state index in [0.29, 0.717) is 12.0 Å². The fraction of sp³-hybridized carbons (Fsp3) is 0.481. The second-order valence-electron chi connectivity index (χ2n) is 10.4. The average molecular weight is 588 g/mol. The van der Waals surface area contributed by atoms with Crippen LogP contribution in [-0.4, -0.2) is 76.4 Å². The third kappa shape index (κ3) is 10.7. The van der Waals surface area contributed by atoms with Crippen LogP contribution in [0.25, 0.3) is 10.9 Å². The normalized spacial score (nSPS) is 13.9. The fourth-order valence-electron chi connectivity index (χ4n) is 4.31. The summed E-state index contributed by atoms with van der Waals surface area (Å²) >= 11 is 0. The number of amides is 4. The van der Waals surface area contributed by atoms with Crippen LogP contribution in [0.4, 0.5) is 0 Å². The minimum atomic E-state index is -1.49. The zero-order valence-electron chi connectivity index (χ0n) is 23.8. The van der Waals surface area contributed by atoms with Crippen molar-refractivity contribution in [2.45, 2.75) is 70.1 Å². The smallest absolute Gasteiger partial charge is 0.326 e. The second kappa shape index (κ2) is 16.0. The summed E-state index contributed by atoms with van der Waals surface area (Å²) in [7, 11) is 0. The zero-order valence-corrected chi connectivity index (χ0v) is 23.8. The van der Waals surface area contributed by atoms with Crippen molar-refractivity contribution in [3.05, 3.63) is 36.0 Å². The Morgan fingerprint density at radius 1 is 0.929 bits per heavy atom. The summed E-state index contributed by atoms with van der Waals surface area (Å²) in [6, 6.07) is 2.38. The van der Waals surface area contributed by atoms with E-state index in [4.69, 9.17) is 22.9 Å². The van der Waals surface area contributed by atoms with Gasteiger partial charge in [-0.15, -0.1) is 0 Å². The van der Waals surface area contributed by atoms with Crippen molar-refractivity contribution >= 4 is 46.5 Å². The molecule has 0 saturated carbocycles. The number of H-pyrrole nitrogens is 1. The number of nitrogens with one attached hydrogen (secondary N) is 4. The maximum Gasteiger partial charge on any atom is 0.326 e. The largest absolute Gasteiger partial charge is 0.480 e. The van der Waals surface area contributed by atoms with E-state index in [1.54, 1.807) is 12.3 Å². The standard InChI is InChI=1S/C27H41N9O6/c1-14(2)10-19(34-23(38)17(28)7-5-9-32-27(30)31)24(39)35-20(12-22(29)37)25(40)36-21(26(41)42)11-15-13-33-18-8-4-3-6-16(15)18/h3-4,6,8,13-14,17,19-21,33H,5,7,9-12,28H2,1-2H3,(H2,29,37)(H,34,38)(H,35,39)(H,36,40)(H,41,42)(H4,30,31,32). The third-order valence-electron chi connectivity index (χ3n) is 6.40. The molecule has 4 atom stereocenters. The first-order valence-electron chi connectivity index (χ1n) is 13.6. The Bertz CT molecular complexity index is 1290. The number of para-hydroxylation sites is 1. The van der Waals surface area contributed by atoms with Crippen LogP contribution < -0.4 is 38.9 Å². The van der Waals surface area contributed by atoms with Gasteiger partial charge in [0, 0.05) is 30.1 Å². The molecule has 2 rings (SSSR count). The number of carbonyl (C=O) groups is 5. The van der Waals surface area contributed by atoms with E-state index in [-0.39, 0.29) is 37.7 Å². The van der Waals surface area contributed by atoms with Gasteiger partial charge in [-0.2, -0.15) is 0 Å². The van der Waals surface area contributed by atoms with Crippen molar-refractivity contribution in [2.24, 2.45) is 33.8 Å². The number of benzene rings is 1. The van der Waals surface area contributed by atoms with Gasteiger partial charge < -0.3 is 49.0 Å². The van der Waals surface area contributed by atoms with Gasteiger partial charge in [0.2, 0.25) is 23.6 Å². The molecule has 1 aromatic carbocycles. The quantitative estimate of drug-likeness (QED) is 0.0594. The third-order valence-corrected chi connectivity index (χ3v) is 6.40. The lowest BCUT2D eigenvalue weighted by atomic mass is 10.0. The van der Waals surface area contributed by atoms with Gasteiger partial charge in [0.1, 0.15) is 18.1 Å². The lowest BCUT2D eigenvalue weighted by Crippen LogP contribution is -2.58. The maximum atomic E-state index is 13.2. The monoisotopic (exact) mass is 587 g/mol. The van der Waals surface area contributed by atoms with Gasteiger partial charge in [-0.25, -0.2) is 4.79 Å². The Morgan fingerprint density at radius 3 is 2.17 bits per heavy atom. The average Bonchev–Trinajstić information content (AvgIpc) is 3.31. The Labute approximate surface area is 243 Å². The number of carbonyl (C=O) groups excluding carboxylic acids is 4. The molecule has 4 unspecified atom stereocenters. The number of aliphatic carboxylic acids is 1. The summed E-state index contributed by atoms with van der Waals surface area (Å²) in [6.07, 6.45) is 1.87. The van der Waals surface area contributed by atoms with Crippen molar-refractivity contribution in [1.29, 1.82) is 0 Å². The van der Waals surface area contributed by atoms with Crippen molar-refractivity contribution in [3.8, 4) is 0 Å². The predicted molar refractivity (Wildman–Crippen MR) is 157 cm³/mol. The second-order valence-corrected chi connectivity index (χ2v) is 10.4. The van der Waals surface area contributed by atoms with Gasteiger partial charge in [-0.1, -0.05) is 32.0 Å². The van der Waals surface area contributed by atoms with Gasteiger partial charge >= 0.3 is 5.97 Å². The summed E-state index contributed by atoms with van der Waals surface area (Å²) in [5.41, 5.74) is 23.3. The highest BCUT2D eigenvalue weighted by atomic mass is 16.4. The molecule has 0 aliphatic heterocycles. The van der Waals surface area contributed by atoms with Gasteiger partial charge in [0.05, 0.1) is 12.5 Å². The number of nitrogens with two attached hydrogens (primary N) is 4. The number of hydrogen-bond acceptors (Lipinski definition) is 7. The highest BCUT2D eigenvalue weighted by molar-refractivity contribution is 5.96. The topological polar surface area (TPSA) is 274 Å². The van der Waals surface area contributed by atoms with E-state index < -0.39 is 60.2 Å². The summed E-state index contributed by atoms with van der Waals surface area (Å²) in [5.74, 6) is -4.60. The first kappa shape index (κ1) is 33.5. The SMILES string of the molecule is CC(C)CC(NC(=O)C(N)CCCN=C(N)N)C(=O)NC(CC(N)=O)C(=O)NC(Cc1c[nH]c2ccccc12)C(=O)O. The first-order chi connectivity index (χ1) is 19.8. The van der Waals surface area contributed by atoms with Gasteiger partial charge in [0.25, 0.3) is 0 Å². The maximum absolute atomic E-state index is 13.2. The van der Waals surface area contributed by atoms with Crippen molar-refractivity contribution in [1.82, 2.24) is 20.9 Å². The molecule has 0 aliphatic carbocycles. The molecule has 0 radical (unpaired) electrons. The van der Waals surface area contributed by atoms with Crippen LogP contribution in [0.2, 0.25) is 0 Å². The molecule has 4 amide bonds. The fourth-order valence-corrected chi connectivity index (χ4v) is 4.31. The first-order valence-corrected chi connectivity index (χ1v) is 13.6. The molecule has 0 bridgehead atoms. The summed E-state index contributed by atoms with van der Waals surface area (Å²) < 4.78 is 0. The van der Waals surface area contributed by atoms with Crippen LogP contribution in [0.15, 0.2) is 35.5 Å². The van der Waals surface area contributed by atoms with Crippen molar-refractivity contribution < 1.29 is 29.1 Å². The lowest BCUT2D eigenvalue weighted by molar-refractivity contribution is -0.142. The summed E-state index contributed by atoms with van der Waals surface area (Å²) in [5, 5.41) is 18.0. The number of primary amides is 1. The molecule has 15 nitrogen and oxygen atoms in total. The number of aliphatic imine (C=N–C) groups is 1.